The SMILES string of the molecule is CC(C)(C)c1ccc2cc(-c3c(C(C)(C)C)c(OP(O)O)c(C(C)(C)C)c(-c4cc5ccc(C(C)(C)C)cc5cc4C(C)(C)C)c3C(C)(C)C)c(C(C)(C)C)cc2c1. The first-order valence-electron chi connectivity index (χ1n) is 21.3. The first-order chi connectivity index (χ1) is 26.0. The average Bonchev–Trinajstić information content (AvgIpc) is 3.02. The molecule has 0 fully saturated rings. The zero-order valence-corrected chi connectivity index (χ0v) is 40.9. The third kappa shape index (κ3) is 9.08. The van der Waals surface area contributed by atoms with Crippen molar-refractivity contribution in [3.8, 4) is 28.0 Å². The zero-order valence-electron chi connectivity index (χ0n) is 40.0. The summed E-state index contributed by atoms with van der Waals surface area (Å²) < 4.78 is 6.53. The molecule has 5 aromatic carbocycles. The number of hydrogen-bond acceptors (Lipinski definition) is 3. The lowest BCUT2D eigenvalue weighted by Crippen LogP contribution is -2.28. The van der Waals surface area contributed by atoms with Gasteiger partial charge in [0, 0.05) is 11.1 Å². The summed E-state index contributed by atoms with van der Waals surface area (Å²) in [4.78, 5) is 21.9. The van der Waals surface area contributed by atoms with Crippen molar-refractivity contribution in [1.29, 1.82) is 0 Å². The van der Waals surface area contributed by atoms with Gasteiger partial charge in [-0.15, -0.1) is 0 Å². The number of fused-ring (bicyclic) bond motifs is 2. The highest BCUT2D eigenvalue weighted by Crippen LogP contribution is 2.59. The largest absolute Gasteiger partial charge is 0.426 e. The van der Waals surface area contributed by atoms with Gasteiger partial charge in [-0.2, -0.15) is 0 Å². The molecule has 0 heterocycles. The van der Waals surface area contributed by atoms with Gasteiger partial charge in [-0.25, -0.2) is 0 Å². The van der Waals surface area contributed by atoms with Gasteiger partial charge in [0.1, 0.15) is 5.75 Å². The smallest absolute Gasteiger partial charge is 0.391 e. The molecule has 0 aliphatic heterocycles. The first kappa shape index (κ1) is 45.8. The Kier molecular flexibility index (Phi) is 11.7. The van der Waals surface area contributed by atoms with E-state index in [4.69, 9.17) is 4.52 Å². The summed E-state index contributed by atoms with van der Waals surface area (Å²) in [6.45, 7) is 48.0. The standard InChI is InChI=1S/C54H75O3P/c1-48(2,3)36-24-22-32-28-38(40(50(7,8)9)30-34(32)26-36)42-44(52(13,14)15)43(46(54(19,20)21)47(57-58(55)56)45(42)53(16,17)18)39-29-33-23-25-37(49(4,5)6)27-35(33)31-41(39)51(10,11)12/h22-31,55-56H,1-21H3. The fourth-order valence-electron chi connectivity index (χ4n) is 8.80. The molecule has 0 saturated heterocycles. The van der Waals surface area contributed by atoms with Crippen LogP contribution in [0.5, 0.6) is 5.75 Å². The summed E-state index contributed by atoms with van der Waals surface area (Å²) in [6, 6.07) is 23.5. The van der Waals surface area contributed by atoms with Gasteiger partial charge in [0.2, 0.25) is 0 Å². The average molecular weight is 803 g/mol. The maximum absolute atomic E-state index is 11.0. The molecule has 0 spiro atoms. The Morgan fingerprint density at radius 3 is 0.948 bits per heavy atom. The summed E-state index contributed by atoms with van der Waals surface area (Å²) in [7, 11) is -2.75. The summed E-state index contributed by atoms with van der Waals surface area (Å²) in [5, 5.41) is 4.82. The van der Waals surface area contributed by atoms with Crippen molar-refractivity contribution in [2.75, 3.05) is 0 Å². The van der Waals surface area contributed by atoms with Crippen LogP contribution in [-0.4, -0.2) is 9.79 Å². The summed E-state index contributed by atoms with van der Waals surface area (Å²) in [5.74, 6) is 0.584. The molecule has 0 aromatic heterocycles. The molecule has 3 nitrogen and oxygen atoms in total. The van der Waals surface area contributed by atoms with E-state index >= 15 is 0 Å². The van der Waals surface area contributed by atoms with Crippen LogP contribution < -0.4 is 4.52 Å². The highest BCUT2D eigenvalue weighted by Gasteiger charge is 2.42. The monoisotopic (exact) mass is 803 g/mol. The molecule has 2 N–H and O–H groups in total. The molecular weight excluding hydrogens is 728 g/mol. The minimum absolute atomic E-state index is 0.0172. The Hall–Kier alpha value is -3.23. The molecule has 0 saturated carbocycles. The third-order valence-electron chi connectivity index (χ3n) is 11.7. The van der Waals surface area contributed by atoms with Crippen molar-refractivity contribution in [1.82, 2.24) is 0 Å². The van der Waals surface area contributed by atoms with E-state index in [1.807, 2.05) is 0 Å². The van der Waals surface area contributed by atoms with E-state index in [1.165, 1.54) is 49.4 Å². The second-order valence-corrected chi connectivity index (χ2v) is 24.9. The van der Waals surface area contributed by atoms with Gasteiger partial charge in [0.15, 0.2) is 0 Å². The molecule has 0 bridgehead atoms. The van der Waals surface area contributed by atoms with E-state index in [2.05, 4.69) is 206 Å². The van der Waals surface area contributed by atoms with E-state index < -0.39 is 19.4 Å². The van der Waals surface area contributed by atoms with Gasteiger partial charge in [-0.3, -0.25) is 0 Å². The van der Waals surface area contributed by atoms with Crippen LogP contribution in [0.15, 0.2) is 60.7 Å². The van der Waals surface area contributed by atoms with Gasteiger partial charge >= 0.3 is 8.60 Å². The Balaban J connectivity index is 2.21. The van der Waals surface area contributed by atoms with Crippen molar-refractivity contribution in [2.45, 2.75) is 183 Å². The molecule has 0 atom stereocenters. The fraction of sp³-hybridized carbons (Fsp3) is 0.519. The lowest BCUT2D eigenvalue weighted by atomic mass is 9.64. The Labute approximate surface area is 354 Å². The van der Waals surface area contributed by atoms with Crippen LogP contribution in [0.1, 0.15) is 184 Å². The quantitative estimate of drug-likeness (QED) is 0.178. The maximum Gasteiger partial charge on any atom is 0.391 e. The van der Waals surface area contributed by atoms with Crippen LogP contribution in [-0.2, 0) is 37.9 Å². The van der Waals surface area contributed by atoms with Gasteiger partial charge in [-0.1, -0.05) is 182 Å². The number of rotatable bonds is 4. The molecule has 0 aliphatic carbocycles. The van der Waals surface area contributed by atoms with Gasteiger partial charge < -0.3 is 14.3 Å². The van der Waals surface area contributed by atoms with Crippen molar-refractivity contribution in [2.24, 2.45) is 0 Å². The van der Waals surface area contributed by atoms with Crippen LogP contribution in [0.3, 0.4) is 0 Å². The van der Waals surface area contributed by atoms with Gasteiger partial charge in [0.05, 0.1) is 0 Å². The highest BCUT2D eigenvalue weighted by molar-refractivity contribution is 7.39. The topological polar surface area (TPSA) is 49.7 Å². The minimum atomic E-state index is -2.75. The van der Waals surface area contributed by atoms with Crippen molar-refractivity contribution < 1.29 is 14.3 Å². The minimum Gasteiger partial charge on any atom is -0.426 e. The summed E-state index contributed by atoms with van der Waals surface area (Å²) in [6.07, 6.45) is 0. The molecule has 0 aliphatic rings. The highest BCUT2D eigenvalue weighted by atomic mass is 31.2. The number of hydrogen-bond donors (Lipinski definition) is 2. The van der Waals surface area contributed by atoms with Crippen LogP contribution in [0.2, 0.25) is 0 Å². The predicted octanol–water partition coefficient (Wildman–Crippen LogP) is 16.0. The Bertz CT molecular complexity index is 2210. The predicted molar refractivity (Wildman–Crippen MR) is 255 cm³/mol. The summed E-state index contributed by atoms with van der Waals surface area (Å²) in [5.41, 5.74) is 11.3. The van der Waals surface area contributed by atoms with Crippen molar-refractivity contribution in [3.63, 3.8) is 0 Å². The maximum atomic E-state index is 11.0. The van der Waals surface area contributed by atoms with E-state index in [-0.39, 0.29) is 27.1 Å². The third-order valence-corrected chi connectivity index (χ3v) is 12.1. The lowest BCUT2D eigenvalue weighted by Gasteiger charge is -2.41. The Morgan fingerprint density at radius 1 is 0.362 bits per heavy atom. The molecule has 314 valence electrons. The van der Waals surface area contributed by atoms with Crippen LogP contribution in [0.25, 0.3) is 43.8 Å². The van der Waals surface area contributed by atoms with Crippen molar-refractivity contribution >= 4 is 30.1 Å². The molecule has 0 amide bonds. The zero-order chi connectivity index (χ0) is 44.1. The number of benzene rings is 5. The van der Waals surface area contributed by atoms with E-state index in [0.29, 0.717) is 5.75 Å². The second-order valence-electron chi connectivity index (χ2n) is 24.2. The van der Waals surface area contributed by atoms with E-state index in [9.17, 15) is 9.79 Å². The fourth-order valence-corrected chi connectivity index (χ4v) is 9.15. The Morgan fingerprint density at radius 2 is 0.690 bits per heavy atom. The molecule has 5 rings (SSSR count). The molecular formula is C54H75O3P. The van der Waals surface area contributed by atoms with Gasteiger partial charge in [-0.05, 0) is 134 Å². The normalized spacial score (nSPS) is 13.9. The van der Waals surface area contributed by atoms with Crippen LogP contribution in [0, 0.1) is 0 Å². The molecule has 4 heteroatoms. The van der Waals surface area contributed by atoms with E-state index in [1.54, 1.807) is 0 Å². The van der Waals surface area contributed by atoms with E-state index in [0.717, 1.165) is 33.4 Å². The molecule has 5 aromatic rings. The van der Waals surface area contributed by atoms with Crippen molar-refractivity contribution in [3.05, 3.63) is 99.6 Å². The lowest BCUT2D eigenvalue weighted by molar-refractivity contribution is 0.364. The summed E-state index contributed by atoms with van der Waals surface area (Å²) >= 11 is 0. The van der Waals surface area contributed by atoms with Gasteiger partial charge in [0.25, 0.3) is 0 Å². The van der Waals surface area contributed by atoms with Crippen LogP contribution in [0.4, 0.5) is 0 Å². The molecule has 0 unspecified atom stereocenters. The van der Waals surface area contributed by atoms with Crippen LogP contribution >= 0.6 is 8.60 Å². The first-order valence-corrected chi connectivity index (χ1v) is 22.5. The molecule has 58 heavy (non-hydrogen) atoms. The molecule has 0 radical (unpaired) electrons. The second kappa shape index (κ2) is 14.7.